The fourth-order valence-electron chi connectivity index (χ4n) is 8.10. The van der Waals surface area contributed by atoms with Gasteiger partial charge in [-0.3, -0.25) is 0 Å². The molecule has 0 unspecified atom stereocenters. The highest BCUT2D eigenvalue weighted by Gasteiger charge is 2.40. The van der Waals surface area contributed by atoms with Crippen molar-refractivity contribution < 1.29 is 0 Å². The molecule has 1 aliphatic rings. The van der Waals surface area contributed by atoms with Gasteiger partial charge in [0, 0.05) is 42.0 Å². The molecule has 2 aromatic heterocycles. The van der Waals surface area contributed by atoms with Gasteiger partial charge < -0.3 is 4.57 Å². The Bertz CT molecular complexity index is 2680. The van der Waals surface area contributed by atoms with Gasteiger partial charge in [-0.05, 0) is 86.6 Å². The van der Waals surface area contributed by atoms with E-state index in [1.807, 2.05) is 11.3 Å². The van der Waals surface area contributed by atoms with Gasteiger partial charge in [0.2, 0.25) is 0 Å². The third kappa shape index (κ3) is 3.38. The topological polar surface area (TPSA) is 4.93 Å². The first-order valence-electron chi connectivity index (χ1n) is 15.7. The average molecular weight is 592 g/mol. The molecule has 0 bridgehead atoms. The molecule has 0 aliphatic heterocycles. The standard InChI is InChI=1S/C43H29NS/c1-43(2)36-16-8-5-15-32(36)40-33(28-20-22-39-34(24-28)31-14-7-10-18-38(31)45-39)25-35-30-13-6-9-17-37(30)44(42(35)41(40)43)29-21-19-26-11-3-4-12-27(26)23-29/h3-25H,1-2H3. The Morgan fingerprint density at radius 3 is 2.18 bits per heavy atom. The Kier molecular flexibility index (Phi) is 5.00. The highest BCUT2D eigenvalue weighted by Crippen LogP contribution is 2.56. The van der Waals surface area contributed by atoms with Crippen LogP contribution in [0.4, 0.5) is 0 Å². The molecule has 9 aromatic rings. The highest BCUT2D eigenvalue weighted by atomic mass is 32.1. The Labute approximate surface area is 265 Å². The smallest absolute Gasteiger partial charge is 0.0588 e. The fourth-order valence-corrected chi connectivity index (χ4v) is 9.19. The third-order valence-electron chi connectivity index (χ3n) is 10.1. The minimum Gasteiger partial charge on any atom is -0.309 e. The summed E-state index contributed by atoms with van der Waals surface area (Å²) in [6.45, 7) is 4.83. The summed E-state index contributed by atoms with van der Waals surface area (Å²) in [6, 6.07) is 52.0. The number of nitrogens with zero attached hydrogens (tertiary/aromatic N) is 1. The highest BCUT2D eigenvalue weighted by molar-refractivity contribution is 7.25. The predicted molar refractivity (Wildman–Crippen MR) is 194 cm³/mol. The molecule has 45 heavy (non-hydrogen) atoms. The molecule has 2 heterocycles. The van der Waals surface area contributed by atoms with Crippen molar-refractivity contribution in [2.24, 2.45) is 0 Å². The number of hydrogen-bond acceptors (Lipinski definition) is 1. The number of benzene rings is 7. The van der Waals surface area contributed by atoms with Gasteiger partial charge >= 0.3 is 0 Å². The molecule has 0 atom stereocenters. The van der Waals surface area contributed by atoms with Crippen molar-refractivity contribution in [2.75, 3.05) is 0 Å². The number of aromatic nitrogens is 1. The molecule has 0 radical (unpaired) electrons. The van der Waals surface area contributed by atoms with Gasteiger partial charge in [-0.2, -0.15) is 0 Å². The van der Waals surface area contributed by atoms with E-state index in [0.29, 0.717) is 0 Å². The van der Waals surface area contributed by atoms with Crippen molar-refractivity contribution in [3.05, 3.63) is 151 Å². The van der Waals surface area contributed by atoms with Crippen LogP contribution < -0.4 is 0 Å². The van der Waals surface area contributed by atoms with Crippen LogP contribution in [0.1, 0.15) is 25.0 Å². The van der Waals surface area contributed by atoms with Gasteiger partial charge in [0.15, 0.2) is 0 Å². The van der Waals surface area contributed by atoms with Crippen LogP contribution in [0.5, 0.6) is 0 Å². The van der Waals surface area contributed by atoms with Crippen LogP contribution in [0.15, 0.2) is 140 Å². The zero-order valence-corrected chi connectivity index (χ0v) is 26.0. The number of para-hydroxylation sites is 1. The van der Waals surface area contributed by atoms with Gasteiger partial charge in [0.25, 0.3) is 0 Å². The van der Waals surface area contributed by atoms with Crippen molar-refractivity contribution in [1.82, 2.24) is 4.57 Å². The number of hydrogen-bond donors (Lipinski definition) is 0. The molecule has 7 aromatic carbocycles. The molecule has 0 N–H and O–H groups in total. The molecule has 0 spiro atoms. The summed E-state index contributed by atoms with van der Waals surface area (Å²) in [6.07, 6.45) is 0. The maximum Gasteiger partial charge on any atom is 0.0588 e. The maximum absolute atomic E-state index is 2.53. The summed E-state index contributed by atoms with van der Waals surface area (Å²) < 4.78 is 5.21. The van der Waals surface area contributed by atoms with E-state index >= 15 is 0 Å². The molecule has 10 rings (SSSR count). The normalized spacial score (nSPS) is 13.7. The molecule has 1 aliphatic carbocycles. The van der Waals surface area contributed by atoms with Crippen molar-refractivity contribution in [3.63, 3.8) is 0 Å². The molecule has 0 saturated carbocycles. The zero-order chi connectivity index (χ0) is 29.9. The van der Waals surface area contributed by atoms with Crippen molar-refractivity contribution >= 4 is 64.1 Å². The van der Waals surface area contributed by atoms with Crippen LogP contribution in [-0.2, 0) is 5.41 Å². The second-order valence-corrected chi connectivity index (χ2v) is 14.0. The van der Waals surface area contributed by atoms with Gasteiger partial charge in [0.1, 0.15) is 0 Å². The van der Waals surface area contributed by atoms with E-state index in [4.69, 9.17) is 0 Å². The van der Waals surface area contributed by atoms with Crippen LogP contribution in [0.3, 0.4) is 0 Å². The number of rotatable bonds is 2. The molecule has 0 fully saturated rings. The third-order valence-corrected chi connectivity index (χ3v) is 11.3. The fraction of sp³-hybridized carbons (Fsp3) is 0.0698. The van der Waals surface area contributed by atoms with Gasteiger partial charge in [0.05, 0.1) is 11.0 Å². The lowest BCUT2D eigenvalue weighted by Crippen LogP contribution is -2.16. The summed E-state index contributed by atoms with van der Waals surface area (Å²) in [5.41, 5.74) is 11.7. The van der Waals surface area contributed by atoms with Crippen LogP contribution in [0.2, 0.25) is 0 Å². The minimum atomic E-state index is -0.178. The first-order valence-corrected chi connectivity index (χ1v) is 16.5. The van der Waals surface area contributed by atoms with E-state index in [9.17, 15) is 0 Å². The lowest BCUT2D eigenvalue weighted by Gasteiger charge is -2.24. The van der Waals surface area contributed by atoms with Gasteiger partial charge in [-0.25, -0.2) is 0 Å². The van der Waals surface area contributed by atoms with E-state index in [-0.39, 0.29) is 5.41 Å². The molecule has 1 nitrogen and oxygen atoms in total. The van der Waals surface area contributed by atoms with Gasteiger partial charge in [-0.1, -0.05) is 111 Å². The molecular weight excluding hydrogens is 563 g/mol. The first kappa shape index (κ1) is 25.2. The zero-order valence-electron chi connectivity index (χ0n) is 25.1. The molecule has 212 valence electrons. The second kappa shape index (κ2) is 8.94. The quantitative estimate of drug-likeness (QED) is 0.188. The average Bonchev–Trinajstić information content (AvgIpc) is 3.69. The Morgan fingerprint density at radius 1 is 0.533 bits per heavy atom. The molecular formula is C43H29NS. The summed E-state index contributed by atoms with van der Waals surface area (Å²) in [4.78, 5) is 0. The van der Waals surface area contributed by atoms with E-state index in [1.165, 1.54) is 91.8 Å². The second-order valence-electron chi connectivity index (χ2n) is 12.9. The Balaban J connectivity index is 1.38. The summed E-state index contributed by atoms with van der Waals surface area (Å²) >= 11 is 1.88. The lowest BCUT2D eigenvalue weighted by atomic mass is 9.80. The van der Waals surface area contributed by atoms with Crippen LogP contribution >= 0.6 is 11.3 Å². The van der Waals surface area contributed by atoms with E-state index in [1.54, 1.807) is 0 Å². The van der Waals surface area contributed by atoms with Crippen molar-refractivity contribution in [3.8, 4) is 27.9 Å². The van der Waals surface area contributed by atoms with Crippen molar-refractivity contribution in [2.45, 2.75) is 19.3 Å². The first-order chi connectivity index (χ1) is 22.1. The van der Waals surface area contributed by atoms with E-state index < -0.39 is 0 Å². The Morgan fingerprint density at radius 2 is 1.27 bits per heavy atom. The monoisotopic (exact) mass is 591 g/mol. The maximum atomic E-state index is 2.53. The lowest BCUT2D eigenvalue weighted by molar-refractivity contribution is 0.664. The van der Waals surface area contributed by atoms with Crippen LogP contribution in [0.25, 0.3) is 80.7 Å². The minimum absolute atomic E-state index is 0.178. The SMILES string of the molecule is CC1(C)c2ccccc2-c2c(-c3ccc4sc5ccccc5c4c3)cc3c4ccccc4n(-c4ccc5ccccc5c4)c3c21. The largest absolute Gasteiger partial charge is 0.309 e. The molecule has 0 amide bonds. The number of fused-ring (bicyclic) bond motifs is 11. The van der Waals surface area contributed by atoms with Crippen LogP contribution in [0, 0.1) is 0 Å². The summed E-state index contributed by atoms with van der Waals surface area (Å²) in [5.74, 6) is 0. The summed E-state index contributed by atoms with van der Waals surface area (Å²) in [5, 5.41) is 7.80. The molecule has 0 saturated heterocycles. The van der Waals surface area contributed by atoms with Gasteiger partial charge in [-0.15, -0.1) is 11.3 Å². The summed E-state index contributed by atoms with van der Waals surface area (Å²) in [7, 11) is 0. The number of thiophene rings is 1. The van der Waals surface area contributed by atoms with E-state index in [2.05, 4.69) is 158 Å². The van der Waals surface area contributed by atoms with Crippen molar-refractivity contribution in [1.29, 1.82) is 0 Å². The van der Waals surface area contributed by atoms with Crippen LogP contribution in [-0.4, -0.2) is 4.57 Å². The Hall–Kier alpha value is -5.18. The molecule has 2 heteroatoms. The van der Waals surface area contributed by atoms with E-state index in [0.717, 1.165) is 0 Å². The predicted octanol–water partition coefficient (Wildman–Crippen LogP) is 12.3.